The lowest BCUT2D eigenvalue weighted by Crippen LogP contribution is -1.83. The lowest BCUT2D eigenvalue weighted by atomic mass is 10.0. The van der Waals surface area contributed by atoms with Crippen molar-refractivity contribution in [2.75, 3.05) is 0 Å². The second kappa shape index (κ2) is 4.87. The average Bonchev–Trinajstić information content (AvgIpc) is 2.47. The number of aromatic hydroxyl groups is 1. The number of allylic oxidation sites excluding steroid dienone is 6. The molecule has 0 bridgehead atoms. The molecule has 0 amide bonds. The van der Waals surface area contributed by atoms with Gasteiger partial charge in [-0.25, -0.2) is 0 Å². The molecule has 1 aliphatic carbocycles. The highest BCUT2D eigenvalue weighted by molar-refractivity contribution is 14.1. The Labute approximate surface area is 109 Å². The molecule has 16 heavy (non-hydrogen) atoms. The van der Waals surface area contributed by atoms with E-state index in [9.17, 15) is 5.11 Å². The predicted molar refractivity (Wildman–Crippen MR) is 76.2 cm³/mol. The summed E-state index contributed by atoms with van der Waals surface area (Å²) < 4.78 is 0.880. The normalized spacial score (nSPS) is 19.4. The van der Waals surface area contributed by atoms with Crippen LogP contribution in [0.25, 0.3) is 5.57 Å². The Hall–Kier alpha value is -1.03. The molecule has 1 atom stereocenters. The topological polar surface area (TPSA) is 20.2 Å². The maximum Gasteiger partial charge on any atom is 0.128 e. The standard InChI is InChI=1S/C14H13IO/c1-10-3-2-4-11(6-5-10)12-7-8-14(16)13(15)9-12/h2-10,16H,1H3. The van der Waals surface area contributed by atoms with Crippen molar-refractivity contribution in [2.45, 2.75) is 6.92 Å². The van der Waals surface area contributed by atoms with Crippen LogP contribution in [0.4, 0.5) is 0 Å². The number of benzene rings is 1. The molecule has 2 heteroatoms. The van der Waals surface area contributed by atoms with Gasteiger partial charge in [0.15, 0.2) is 0 Å². The summed E-state index contributed by atoms with van der Waals surface area (Å²) in [6.07, 6.45) is 10.7. The summed E-state index contributed by atoms with van der Waals surface area (Å²) in [5, 5.41) is 9.48. The smallest absolute Gasteiger partial charge is 0.128 e. The first-order valence-corrected chi connectivity index (χ1v) is 6.30. The molecule has 0 aliphatic heterocycles. The lowest BCUT2D eigenvalue weighted by molar-refractivity contribution is 0.471. The number of phenols is 1. The number of hydrogen-bond donors (Lipinski definition) is 1. The summed E-state index contributed by atoms with van der Waals surface area (Å²) in [5.74, 6) is 0.816. The van der Waals surface area contributed by atoms with Gasteiger partial charge in [0.05, 0.1) is 3.57 Å². The third-order valence-electron chi connectivity index (χ3n) is 2.55. The first kappa shape index (κ1) is 11.5. The summed E-state index contributed by atoms with van der Waals surface area (Å²) in [4.78, 5) is 0. The summed E-state index contributed by atoms with van der Waals surface area (Å²) in [6.45, 7) is 2.16. The fourth-order valence-corrected chi connectivity index (χ4v) is 2.10. The first-order chi connectivity index (χ1) is 7.66. The summed E-state index contributed by atoms with van der Waals surface area (Å²) in [6, 6.07) is 5.68. The molecule has 0 heterocycles. The largest absolute Gasteiger partial charge is 0.507 e. The molecule has 2 rings (SSSR count). The van der Waals surface area contributed by atoms with Crippen LogP contribution in [0, 0.1) is 9.49 Å². The lowest BCUT2D eigenvalue weighted by Gasteiger charge is -2.04. The Kier molecular flexibility index (Phi) is 3.49. The number of phenolic OH excluding ortho intramolecular Hbond substituents is 1. The third-order valence-corrected chi connectivity index (χ3v) is 3.41. The molecule has 0 spiro atoms. The summed E-state index contributed by atoms with van der Waals surface area (Å²) in [7, 11) is 0. The van der Waals surface area contributed by atoms with E-state index in [-0.39, 0.29) is 0 Å². The molecule has 0 fully saturated rings. The number of rotatable bonds is 1. The van der Waals surface area contributed by atoms with Crippen molar-refractivity contribution >= 4 is 28.2 Å². The molecule has 0 saturated carbocycles. The van der Waals surface area contributed by atoms with Crippen molar-refractivity contribution in [1.29, 1.82) is 0 Å². The van der Waals surface area contributed by atoms with Crippen molar-refractivity contribution in [2.24, 2.45) is 5.92 Å². The van der Waals surface area contributed by atoms with E-state index < -0.39 is 0 Å². The van der Waals surface area contributed by atoms with Gasteiger partial charge in [-0.15, -0.1) is 0 Å². The first-order valence-electron chi connectivity index (χ1n) is 5.22. The molecular formula is C14H13IO. The van der Waals surface area contributed by atoms with Gasteiger partial charge < -0.3 is 5.11 Å². The SMILES string of the molecule is CC1C=CC=C(c2ccc(O)c(I)c2)C=C1. The molecule has 1 nitrogen and oxygen atoms in total. The van der Waals surface area contributed by atoms with E-state index in [1.165, 1.54) is 5.57 Å². The van der Waals surface area contributed by atoms with Gasteiger partial charge in [0.2, 0.25) is 0 Å². The Bertz CT molecular complexity index is 484. The van der Waals surface area contributed by atoms with Crippen LogP contribution in [0.3, 0.4) is 0 Å². The van der Waals surface area contributed by atoms with E-state index in [2.05, 4.69) is 59.9 Å². The van der Waals surface area contributed by atoms with Crippen LogP contribution in [0.15, 0.2) is 48.6 Å². The molecule has 1 N–H and O–H groups in total. The summed E-state index contributed by atoms with van der Waals surface area (Å²) >= 11 is 2.14. The maximum absolute atomic E-state index is 9.48. The van der Waals surface area contributed by atoms with Crippen molar-refractivity contribution in [3.8, 4) is 5.75 Å². The van der Waals surface area contributed by atoms with Crippen LogP contribution in [0.5, 0.6) is 5.75 Å². The fourth-order valence-electron chi connectivity index (χ4n) is 1.59. The minimum absolute atomic E-state index is 0.339. The molecule has 0 saturated heterocycles. The molecule has 1 aromatic carbocycles. The second-order valence-corrected chi connectivity index (χ2v) is 5.05. The highest BCUT2D eigenvalue weighted by atomic mass is 127. The van der Waals surface area contributed by atoms with Crippen molar-refractivity contribution in [3.63, 3.8) is 0 Å². The van der Waals surface area contributed by atoms with E-state index in [4.69, 9.17) is 0 Å². The third kappa shape index (κ3) is 2.55. The molecular weight excluding hydrogens is 311 g/mol. The van der Waals surface area contributed by atoms with E-state index in [0.29, 0.717) is 11.7 Å². The van der Waals surface area contributed by atoms with Gasteiger partial charge in [-0.05, 0) is 51.8 Å². The Morgan fingerprint density at radius 1 is 1.25 bits per heavy atom. The van der Waals surface area contributed by atoms with Gasteiger partial charge >= 0.3 is 0 Å². The molecule has 1 unspecified atom stereocenters. The fraction of sp³-hybridized carbons (Fsp3) is 0.143. The number of hydrogen-bond acceptors (Lipinski definition) is 1. The zero-order valence-electron chi connectivity index (χ0n) is 9.02. The van der Waals surface area contributed by atoms with Gasteiger partial charge in [0.1, 0.15) is 5.75 Å². The zero-order chi connectivity index (χ0) is 11.5. The van der Waals surface area contributed by atoms with Crippen molar-refractivity contribution in [3.05, 3.63) is 57.7 Å². The predicted octanol–water partition coefficient (Wildman–Crippen LogP) is 4.14. The van der Waals surface area contributed by atoms with E-state index in [0.717, 1.165) is 9.13 Å². The van der Waals surface area contributed by atoms with Gasteiger partial charge in [0, 0.05) is 0 Å². The van der Waals surface area contributed by atoms with Crippen LogP contribution in [0.2, 0.25) is 0 Å². The Morgan fingerprint density at radius 3 is 2.81 bits per heavy atom. The van der Waals surface area contributed by atoms with Crippen molar-refractivity contribution < 1.29 is 5.11 Å². The van der Waals surface area contributed by atoms with E-state index in [1.54, 1.807) is 6.07 Å². The van der Waals surface area contributed by atoms with Gasteiger partial charge in [-0.3, -0.25) is 0 Å². The monoisotopic (exact) mass is 324 g/mol. The van der Waals surface area contributed by atoms with Gasteiger partial charge in [-0.1, -0.05) is 43.4 Å². The van der Waals surface area contributed by atoms with E-state index in [1.807, 2.05) is 12.1 Å². The van der Waals surface area contributed by atoms with Gasteiger partial charge in [0.25, 0.3) is 0 Å². The zero-order valence-corrected chi connectivity index (χ0v) is 11.2. The molecule has 1 aliphatic rings. The van der Waals surface area contributed by atoms with Crippen LogP contribution < -0.4 is 0 Å². The van der Waals surface area contributed by atoms with Gasteiger partial charge in [-0.2, -0.15) is 0 Å². The van der Waals surface area contributed by atoms with Crippen molar-refractivity contribution in [1.82, 2.24) is 0 Å². The highest BCUT2D eigenvalue weighted by Crippen LogP contribution is 2.26. The van der Waals surface area contributed by atoms with Crippen LogP contribution in [0.1, 0.15) is 12.5 Å². The average molecular weight is 324 g/mol. The molecule has 0 radical (unpaired) electrons. The Morgan fingerprint density at radius 2 is 2.06 bits per heavy atom. The summed E-state index contributed by atoms with van der Waals surface area (Å²) in [5.41, 5.74) is 2.32. The van der Waals surface area contributed by atoms with Crippen LogP contribution in [-0.4, -0.2) is 5.11 Å². The number of halogens is 1. The second-order valence-electron chi connectivity index (χ2n) is 3.89. The minimum Gasteiger partial charge on any atom is -0.507 e. The molecule has 82 valence electrons. The Balaban J connectivity index is 2.38. The van der Waals surface area contributed by atoms with E-state index >= 15 is 0 Å². The van der Waals surface area contributed by atoms with Crippen LogP contribution in [-0.2, 0) is 0 Å². The molecule has 0 aromatic heterocycles. The van der Waals surface area contributed by atoms with Crippen LogP contribution >= 0.6 is 22.6 Å². The quantitative estimate of drug-likeness (QED) is 0.770. The highest BCUT2D eigenvalue weighted by Gasteiger charge is 2.04. The maximum atomic E-state index is 9.48. The molecule has 1 aromatic rings. The minimum atomic E-state index is 0.339.